The van der Waals surface area contributed by atoms with Crippen molar-refractivity contribution < 1.29 is 33.6 Å². The summed E-state index contributed by atoms with van der Waals surface area (Å²) in [4.78, 5) is 27.3. The van der Waals surface area contributed by atoms with Crippen LogP contribution in [0.1, 0.15) is 23.3 Å². The molecule has 3 rings (SSSR count). The first kappa shape index (κ1) is 25.3. The lowest BCUT2D eigenvalue weighted by atomic mass is 9.81. The van der Waals surface area contributed by atoms with Gasteiger partial charge in [0.25, 0.3) is 0 Å². The van der Waals surface area contributed by atoms with Gasteiger partial charge in [-0.15, -0.1) is 0 Å². The zero-order valence-electron chi connectivity index (χ0n) is 19.6. The van der Waals surface area contributed by atoms with E-state index >= 15 is 0 Å². The molecule has 0 amide bonds. The monoisotopic (exact) mass is 479 g/mol. The van der Waals surface area contributed by atoms with Crippen LogP contribution >= 0.6 is 0 Å². The van der Waals surface area contributed by atoms with Gasteiger partial charge in [-0.05, 0) is 17.7 Å². The number of phenols is 1. The number of nitrogens with two attached hydrogens (primary N) is 1. The highest BCUT2D eigenvalue weighted by Crippen LogP contribution is 2.45. The average Bonchev–Trinajstić information content (AvgIpc) is 2.89. The Morgan fingerprint density at radius 1 is 1.03 bits per heavy atom. The first-order valence-electron chi connectivity index (χ1n) is 10.4. The molecule has 1 atom stereocenters. The zero-order chi connectivity index (χ0) is 25.7. The van der Waals surface area contributed by atoms with E-state index in [2.05, 4.69) is 6.07 Å². The number of aromatic hydroxyl groups is 1. The molecule has 0 fully saturated rings. The largest absolute Gasteiger partial charge is 0.506 e. The van der Waals surface area contributed by atoms with Gasteiger partial charge in [-0.25, -0.2) is 9.59 Å². The molecule has 35 heavy (non-hydrogen) atoms. The number of methoxy groups -OCH3 is 4. The van der Waals surface area contributed by atoms with Crippen LogP contribution in [0.4, 0.5) is 5.69 Å². The molecule has 0 aromatic heterocycles. The Bertz CT molecular complexity index is 1230. The summed E-state index contributed by atoms with van der Waals surface area (Å²) in [6.45, 7) is 0. The van der Waals surface area contributed by atoms with Crippen LogP contribution in [-0.2, 0) is 28.5 Å². The first-order valence-corrected chi connectivity index (χ1v) is 10.4. The highest BCUT2D eigenvalue weighted by Gasteiger charge is 2.43. The molecule has 0 saturated carbocycles. The Balaban J connectivity index is 2.42. The van der Waals surface area contributed by atoms with Crippen molar-refractivity contribution in [1.82, 2.24) is 0 Å². The van der Waals surface area contributed by atoms with Crippen molar-refractivity contribution in [2.24, 2.45) is 5.73 Å². The number of ether oxygens (including phenoxy) is 4. The Morgan fingerprint density at radius 3 is 2.20 bits per heavy atom. The summed E-state index contributed by atoms with van der Waals surface area (Å²) in [5.41, 5.74) is 6.97. The van der Waals surface area contributed by atoms with E-state index in [0.717, 1.165) is 19.1 Å². The Labute approximate surface area is 202 Å². The minimum Gasteiger partial charge on any atom is -0.506 e. The molecule has 182 valence electrons. The maximum atomic E-state index is 13.1. The lowest BCUT2D eigenvalue weighted by molar-refractivity contribution is -0.139. The van der Waals surface area contributed by atoms with E-state index in [9.17, 15) is 20.0 Å². The maximum Gasteiger partial charge on any atom is 0.355 e. The third-order valence-electron chi connectivity index (χ3n) is 5.55. The number of benzene rings is 2. The number of phenolic OH excluding ortho intramolecular Hbond substituents is 1. The fourth-order valence-electron chi connectivity index (χ4n) is 4.00. The van der Waals surface area contributed by atoms with Crippen molar-refractivity contribution >= 4 is 17.6 Å². The topological polar surface area (TPSA) is 144 Å². The summed E-state index contributed by atoms with van der Waals surface area (Å²) < 4.78 is 20.6. The van der Waals surface area contributed by atoms with Crippen molar-refractivity contribution in [3.63, 3.8) is 0 Å². The predicted octanol–water partition coefficient (Wildman–Crippen LogP) is 2.58. The van der Waals surface area contributed by atoms with E-state index in [1.165, 1.54) is 26.4 Å². The molecule has 1 aliphatic heterocycles. The van der Waals surface area contributed by atoms with E-state index in [-0.39, 0.29) is 34.1 Å². The first-order chi connectivity index (χ1) is 16.8. The van der Waals surface area contributed by atoms with Crippen LogP contribution in [0.5, 0.6) is 5.75 Å². The standard InChI is InChI=1S/C25H25N3O7/c1-32-23(30)20-19(14-8-6-5-7-9-14)16(13-26)22(27)28(21(20)24(31)33-2)17-12-15(10-11-18(17)29)25(34-3)35-4/h5-12,19,25,29H,27H2,1-4H3. The van der Waals surface area contributed by atoms with E-state index in [1.54, 1.807) is 36.4 Å². The van der Waals surface area contributed by atoms with E-state index in [0.29, 0.717) is 11.1 Å². The van der Waals surface area contributed by atoms with Crippen LogP contribution in [0.2, 0.25) is 0 Å². The molecule has 10 heteroatoms. The molecular weight excluding hydrogens is 454 g/mol. The minimum absolute atomic E-state index is 0.000153. The average molecular weight is 479 g/mol. The summed E-state index contributed by atoms with van der Waals surface area (Å²) in [6, 6.07) is 15.0. The molecule has 2 aromatic carbocycles. The van der Waals surface area contributed by atoms with Crippen molar-refractivity contribution in [2.75, 3.05) is 33.3 Å². The number of hydrogen-bond donors (Lipinski definition) is 2. The zero-order valence-corrected chi connectivity index (χ0v) is 19.6. The van der Waals surface area contributed by atoms with E-state index in [1.807, 2.05) is 0 Å². The molecule has 0 aliphatic carbocycles. The van der Waals surface area contributed by atoms with Crippen molar-refractivity contribution in [1.29, 1.82) is 5.26 Å². The molecule has 1 aliphatic rings. The molecule has 0 bridgehead atoms. The molecule has 0 saturated heterocycles. The van der Waals surface area contributed by atoms with Crippen molar-refractivity contribution in [3.05, 3.63) is 82.3 Å². The molecular formula is C25H25N3O7. The number of anilines is 1. The second kappa shape index (κ2) is 10.7. The van der Waals surface area contributed by atoms with Gasteiger partial charge < -0.3 is 29.8 Å². The third kappa shape index (κ3) is 4.55. The Hall–Kier alpha value is -4.33. The van der Waals surface area contributed by atoms with Crippen LogP contribution in [-0.4, -0.2) is 45.5 Å². The second-order valence-corrected chi connectivity index (χ2v) is 7.39. The molecule has 0 spiro atoms. The molecule has 10 nitrogen and oxygen atoms in total. The number of hydrogen-bond acceptors (Lipinski definition) is 10. The highest BCUT2D eigenvalue weighted by molar-refractivity contribution is 6.06. The number of carbonyl (C=O) groups excluding carboxylic acids is 2. The second-order valence-electron chi connectivity index (χ2n) is 7.39. The number of carbonyl (C=O) groups is 2. The van der Waals surface area contributed by atoms with Crippen LogP contribution < -0.4 is 10.6 Å². The van der Waals surface area contributed by atoms with Crippen molar-refractivity contribution in [3.8, 4) is 11.8 Å². The summed E-state index contributed by atoms with van der Waals surface area (Å²) in [5, 5.41) is 20.8. The smallest absolute Gasteiger partial charge is 0.355 e. The van der Waals surface area contributed by atoms with Crippen LogP contribution in [0.25, 0.3) is 0 Å². The van der Waals surface area contributed by atoms with Crippen LogP contribution in [0.15, 0.2) is 71.2 Å². The molecule has 0 radical (unpaired) electrons. The van der Waals surface area contributed by atoms with Gasteiger partial charge in [0.1, 0.15) is 17.3 Å². The van der Waals surface area contributed by atoms with E-state index in [4.69, 9.17) is 24.7 Å². The summed E-state index contributed by atoms with van der Waals surface area (Å²) in [7, 11) is 5.17. The maximum absolute atomic E-state index is 13.1. The van der Waals surface area contributed by atoms with Gasteiger partial charge in [-0.2, -0.15) is 5.26 Å². The van der Waals surface area contributed by atoms with Gasteiger partial charge in [0.2, 0.25) is 0 Å². The Morgan fingerprint density at radius 2 is 1.66 bits per heavy atom. The third-order valence-corrected chi connectivity index (χ3v) is 5.55. The van der Waals surface area contributed by atoms with Crippen LogP contribution in [0, 0.1) is 11.3 Å². The van der Waals surface area contributed by atoms with Gasteiger partial charge in [0.05, 0.1) is 43.0 Å². The summed E-state index contributed by atoms with van der Waals surface area (Å²) in [5.74, 6) is -3.27. The summed E-state index contributed by atoms with van der Waals surface area (Å²) in [6.07, 6.45) is -0.803. The number of esters is 2. The van der Waals surface area contributed by atoms with Crippen LogP contribution in [0.3, 0.4) is 0 Å². The van der Waals surface area contributed by atoms with Gasteiger partial charge in [0.15, 0.2) is 6.29 Å². The summed E-state index contributed by atoms with van der Waals surface area (Å²) >= 11 is 0. The molecule has 2 aromatic rings. The van der Waals surface area contributed by atoms with Gasteiger partial charge >= 0.3 is 11.9 Å². The number of rotatable bonds is 7. The number of nitriles is 1. The number of nitrogens with zero attached hydrogens (tertiary/aromatic N) is 2. The van der Waals surface area contributed by atoms with Gasteiger partial charge in [0, 0.05) is 19.8 Å². The molecule has 1 unspecified atom stereocenters. The van der Waals surface area contributed by atoms with Gasteiger partial charge in [-0.3, -0.25) is 4.90 Å². The lowest BCUT2D eigenvalue weighted by Crippen LogP contribution is -2.40. The molecule has 3 N–H and O–H groups in total. The fraction of sp³-hybridized carbons (Fsp3) is 0.240. The highest BCUT2D eigenvalue weighted by atomic mass is 16.7. The van der Waals surface area contributed by atoms with Gasteiger partial charge in [-0.1, -0.05) is 36.4 Å². The van der Waals surface area contributed by atoms with Crippen molar-refractivity contribution in [2.45, 2.75) is 12.2 Å². The fourth-order valence-corrected chi connectivity index (χ4v) is 4.00. The van der Waals surface area contributed by atoms with E-state index < -0.39 is 24.1 Å². The predicted molar refractivity (Wildman–Crippen MR) is 124 cm³/mol. The Kier molecular flexibility index (Phi) is 7.76. The quantitative estimate of drug-likeness (QED) is 0.449. The SMILES string of the molecule is COC(=O)C1=C(C(=O)OC)N(c2cc(C(OC)OC)ccc2O)C(N)=C(C#N)C1c1ccccc1. The normalized spacial score (nSPS) is 15.8. The number of allylic oxidation sites excluding steroid dienone is 1. The molecule has 1 heterocycles. The lowest BCUT2D eigenvalue weighted by Gasteiger charge is -2.36. The minimum atomic E-state index is -1.02.